The Labute approximate surface area is 133 Å². The summed E-state index contributed by atoms with van der Waals surface area (Å²) in [5.41, 5.74) is 1.70. The minimum atomic E-state index is -0.0134. The van der Waals surface area contributed by atoms with E-state index in [1.807, 2.05) is 18.2 Å². The molecule has 0 saturated heterocycles. The van der Waals surface area contributed by atoms with Gasteiger partial charge in [0.15, 0.2) is 0 Å². The molecule has 0 radical (unpaired) electrons. The first-order valence-electron chi connectivity index (χ1n) is 8.07. The van der Waals surface area contributed by atoms with Crippen LogP contribution in [0.1, 0.15) is 54.9 Å². The Kier molecular flexibility index (Phi) is 5.89. The summed E-state index contributed by atoms with van der Waals surface area (Å²) >= 11 is 0. The van der Waals surface area contributed by atoms with E-state index in [1.54, 1.807) is 7.11 Å². The molecule has 3 heteroatoms. The molecule has 1 fully saturated rings. The Morgan fingerprint density at radius 1 is 1.41 bits per heavy atom. The summed E-state index contributed by atoms with van der Waals surface area (Å²) < 4.78 is 5.40. The maximum Gasteiger partial charge on any atom is 0.251 e. The zero-order valence-corrected chi connectivity index (χ0v) is 13.5. The van der Waals surface area contributed by atoms with E-state index < -0.39 is 0 Å². The van der Waals surface area contributed by atoms with Crippen molar-refractivity contribution in [3.05, 3.63) is 29.3 Å². The van der Waals surface area contributed by atoms with E-state index in [0.717, 1.165) is 24.2 Å². The first-order chi connectivity index (χ1) is 10.7. The second-order valence-corrected chi connectivity index (χ2v) is 6.07. The van der Waals surface area contributed by atoms with Gasteiger partial charge in [0.05, 0.1) is 7.11 Å². The number of benzene rings is 1. The van der Waals surface area contributed by atoms with Crippen LogP contribution in [0.25, 0.3) is 0 Å². The van der Waals surface area contributed by atoms with Crippen LogP contribution in [0.5, 0.6) is 5.75 Å². The van der Waals surface area contributed by atoms with Crippen molar-refractivity contribution in [2.45, 2.75) is 51.5 Å². The van der Waals surface area contributed by atoms with Gasteiger partial charge in [0, 0.05) is 18.0 Å². The lowest BCUT2D eigenvalue weighted by Gasteiger charge is -2.29. The number of hydrogen-bond donors (Lipinski definition) is 1. The van der Waals surface area contributed by atoms with Crippen LogP contribution in [0.4, 0.5) is 0 Å². The van der Waals surface area contributed by atoms with Gasteiger partial charge in [0.1, 0.15) is 5.75 Å². The number of carbonyl (C=O) groups excluding carboxylic acids is 1. The monoisotopic (exact) mass is 299 g/mol. The maximum absolute atomic E-state index is 12.5. The number of nitrogens with one attached hydrogen (secondary N) is 1. The highest BCUT2D eigenvalue weighted by Gasteiger charge is 2.23. The largest absolute Gasteiger partial charge is 0.496 e. The molecule has 1 aromatic carbocycles. The number of ether oxygens (including phenoxy) is 1. The summed E-state index contributed by atoms with van der Waals surface area (Å²) in [5, 5.41) is 3.17. The third kappa shape index (κ3) is 4.04. The molecule has 118 valence electrons. The zero-order chi connectivity index (χ0) is 15.9. The van der Waals surface area contributed by atoms with Crippen LogP contribution >= 0.6 is 0 Å². The van der Waals surface area contributed by atoms with E-state index in [-0.39, 0.29) is 11.9 Å². The Hall–Kier alpha value is -1.95. The summed E-state index contributed by atoms with van der Waals surface area (Å²) in [7, 11) is 1.62. The first-order valence-corrected chi connectivity index (χ1v) is 8.07. The van der Waals surface area contributed by atoms with E-state index in [0.29, 0.717) is 17.9 Å². The van der Waals surface area contributed by atoms with E-state index in [2.05, 4.69) is 18.2 Å². The van der Waals surface area contributed by atoms with E-state index in [1.165, 1.54) is 19.3 Å². The molecule has 2 unspecified atom stereocenters. The highest BCUT2D eigenvalue weighted by Crippen LogP contribution is 2.25. The second-order valence-electron chi connectivity index (χ2n) is 6.07. The van der Waals surface area contributed by atoms with Gasteiger partial charge in [-0.05, 0) is 42.9 Å². The summed E-state index contributed by atoms with van der Waals surface area (Å²) in [5.74, 6) is 3.90. The van der Waals surface area contributed by atoms with E-state index in [4.69, 9.17) is 11.2 Å². The highest BCUT2D eigenvalue weighted by molar-refractivity contribution is 5.95. The minimum Gasteiger partial charge on any atom is -0.496 e. The summed E-state index contributed by atoms with van der Waals surface area (Å²) in [4.78, 5) is 12.5. The van der Waals surface area contributed by atoms with Gasteiger partial charge in [0.2, 0.25) is 0 Å². The number of carbonyl (C=O) groups is 1. The van der Waals surface area contributed by atoms with Crippen LogP contribution < -0.4 is 10.1 Å². The van der Waals surface area contributed by atoms with Gasteiger partial charge < -0.3 is 10.1 Å². The molecule has 1 amide bonds. The van der Waals surface area contributed by atoms with Crippen LogP contribution in [0, 0.1) is 18.3 Å². The lowest BCUT2D eigenvalue weighted by molar-refractivity contribution is 0.0910. The standard InChI is InChI=1S/C19H25NO2/c1-4-5-9-15-11-12-16(13-18(15)22-3)19(21)20-17-10-7-6-8-14(17)2/h1,11-14,17H,5-10H2,2-3H3,(H,20,21). The van der Waals surface area contributed by atoms with Crippen molar-refractivity contribution in [1.29, 1.82) is 0 Å². The molecule has 1 N–H and O–H groups in total. The third-order valence-corrected chi connectivity index (χ3v) is 4.52. The van der Waals surface area contributed by atoms with Crippen molar-refractivity contribution >= 4 is 5.91 Å². The number of aryl methyl sites for hydroxylation is 1. The zero-order valence-electron chi connectivity index (χ0n) is 13.5. The Balaban J connectivity index is 2.07. The summed E-state index contributed by atoms with van der Waals surface area (Å²) in [6.45, 7) is 2.22. The van der Waals surface area contributed by atoms with Gasteiger partial charge in [-0.1, -0.05) is 25.8 Å². The van der Waals surface area contributed by atoms with E-state index in [9.17, 15) is 4.79 Å². The third-order valence-electron chi connectivity index (χ3n) is 4.52. The SMILES string of the molecule is C#CCCc1ccc(C(=O)NC2CCCCC2C)cc1OC. The molecule has 0 aliphatic heterocycles. The van der Waals surface area contributed by atoms with Crippen LogP contribution in [-0.2, 0) is 6.42 Å². The number of amides is 1. The van der Waals surface area contributed by atoms with Crippen LogP contribution in [-0.4, -0.2) is 19.1 Å². The van der Waals surface area contributed by atoms with Gasteiger partial charge in [-0.3, -0.25) is 4.79 Å². The molecular weight excluding hydrogens is 274 g/mol. The smallest absolute Gasteiger partial charge is 0.251 e. The quantitative estimate of drug-likeness (QED) is 0.844. The fraction of sp³-hybridized carbons (Fsp3) is 0.526. The van der Waals surface area contributed by atoms with E-state index >= 15 is 0 Å². The van der Waals surface area contributed by atoms with Gasteiger partial charge in [-0.15, -0.1) is 12.3 Å². The van der Waals surface area contributed by atoms with Crippen molar-refractivity contribution in [2.24, 2.45) is 5.92 Å². The summed E-state index contributed by atoms with van der Waals surface area (Å²) in [6.07, 6.45) is 11.5. The Morgan fingerprint density at radius 2 is 2.18 bits per heavy atom. The van der Waals surface area contributed by atoms with Gasteiger partial charge >= 0.3 is 0 Å². The molecule has 1 aromatic rings. The highest BCUT2D eigenvalue weighted by atomic mass is 16.5. The number of rotatable bonds is 5. The molecule has 1 saturated carbocycles. The normalized spacial score (nSPS) is 21.0. The van der Waals surface area contributed by atoms with Crippen LogP contribution in [0.15, 0.2) is 18.2 Å². The fourth-order valence-corrected chi connectivity index (χ4v) is 3.08. The predicted octanol–water partition coefficient (Wildman–Crippen LogP) is 3.57. The predicted molar refractivity (Wildman–Crippen MR) is 89.0 cm³/mol. The molecule has 0 aromatic heterocycles. The molecule has 0 bridgehead atoms. The molecule has 2 atom stereocenters. The summed E-state index contributed by atoms with van der Waals surface area (Å²) in [6, 6.07) is 5.90. The van der Waals surface area contributed by atoms with Crippen molar-refractivity contribution in [2.75, 3.05) is 7.11 Å². The minimum absolute atomic E-state index is 0.0134. The average Bonchev–Trinajstić information content (AvgIpc) is 2.54. The molecule has 1 aliphatic rings. The average molecular weight is 299 g/mol. The lowest BCUT2D eigenvalue weighted by Crippen LogP contribution is -2.41. The van der Waals surface area contributed by atoms with Crippen LogP contribution in [0.3, 0.4) is 0 Å². The number of methoxy groups -OCH3 is 1. The molecular formula is C19H25NO2. The van der Waals surface area contributed by atoms with Crippen molar-refractivity contribution in [3.8, 4) is 18.1 Å². The van der Waals surface area contributed by atoms with Gasteiger partial charge in [0.25, 0.3) is 5.91 Å². The Morgan fingerprint density at radius 3 is 2.86 bits per heavy atom. The maximum atomic E-state index is 12.5. The first kappa shape index (κ1) is 16.4. The molecule has 1 aliphatic carbocycles. The van der Waals surface area contributed by atoms with Crippen LogP contribution in [0.2, 0.25) is 0 Å². The molecule has 22 heavy (non-hydrogen) atoms. The fourth-order valence-electron chi connectivity index (χ4n) is 3.08. The lowest BCUT2D eigenvalue weighted by atomic mass is 9.86. The Bertz CT molecular complexity index is 559. The van der Waals surface area contributed by atoms with Crippen molar-refractivity contribution < 1.29 is 9.53 Å². The van der Waals surface area contributed by atoms with Crippen molar-refractivity contribution in [3.63, 3.8) is 0 Å². The molecule has 3 nitrogen and oxygen atoms in total. The number of hydrogen-bond acceptors (Lipinski definition) is 2. The van der Waals surface area contributed by atoms with Gasteiger partial charge in [-0.2, -0.15) is 0 Å². The topological polar surface area (TPSA) is 38.3 Å². The van der Waals surface area contributed by atoms with Crippen molar-refractivity contribution in [1.82, 2.24) is 5.32 Å². The molecule has 0 heterocycles. The number of terminal acetylenes is 1. The second kappa shape index (κ2) is 7.89. The molecule has 2 rings (SSSR count). The molecule has 0 spiro atoms. The van der Waals surface area contributed by atoms with Gasteiger partial charge in [-0.25, -0.2) is 0 Å².